The third kappa shape index (κ3) is 3.64. The Labute approximate surface area is 114 Å². The molecule has 0 radical (unpaired) electrons. The van der Waals surface area contributed by atoms with Crippen LogP contribution in [0, 0.1) is 0 Å². The fourth-order valence-electron chi connectivity index (χ4n) is 1.91. The predicted molar refractivity (Wildman–Crippen MR) is 76.7 cm³/mol. The molecule has 0 aliphatic heterocycles. The lowest BCUT2D eigenvalue weighted by molar-refractivity contribution is 0.468. The second-order valence-corrected chi connectivity index (χ2v) is 4.93. The maximum atomic E-state index is 4.59. The third-order valence-electron chi connectivity index (χ3n) is 3.48. The van der Waals surface area contributed by atoms with Gasteiger partial charge in [0.15, 0.2) is 0 Å². The van der Waals surface area contributed by atoms with Crippen molar-refractivity contribution in [1.29, 1.82) is 0 Å². The third-order valence-corrected chi connectivity index (χ3v) is 3.48. The molecule has 102 valence electrons. The summed E-state index contributed by atoms with van der Waals surface area (Å²) >= 11 is 0. The summed E-state index contributed by atoms with van der Waals surface area (Å²) < 4.78 is 2.03. The second-order valence-electron chi connectivity index (χ2n) is 4.93. The maximum absolute atomic E-state index is 4.59. The average Bonchev–Trinajstić information content (AvgIpc) is 2.93. The van der Waals surface area contributed by atoms with Crippen LogP contribution in [0.3, 0.4) is 0 Å². The molecule has 19 heavy (non-hydrogen) atoms. The molecule has 2 atom stereocenters. The fourth-order valence-corrected chi connectivity index (χ4v) is 1.91. The van der Waals surface area contributed by atoms with Gasteiger partial charge in [-0.1, -0.05) is 13.0 Å². The predicted octanol–water partition coefficient (Wildman–Crippen LogP) is 3.10. The Kier molecular flexibility index (Phi) is 4.68. The molecule has 2 aromatic rings. The molecular formula is C15H22N4. The molecule has 0 bridgehead atoms. The van der Waals surface area contributed by atoms with Crippen molar-refractivity contribution in [3.8, 4) is 0 Å². The van der Waals surface area contributed by atoms with Crippen molar-refractivity contribution in [2.45, 2.75) is 45.8 Å². The van der Waals surface area contributed by atoms with Crippen molar-refractivity contribution in [3.63, 3.8) is 0 Å². The van der Waals surface area contributed by atoms with Crippen LogP contribution in [0.15, 0.2) is 36.8 Å². The van der Waals surface area contributed by atoms with E-state index in [2.05, 4.69) is 54.5 Å². The number of hydrogen-bond donors (Lipinski definition) is 1. The van der Waals surface area contributed by atoms with Crippen molar-refractivity contribution in [2.75, 3.05) is 0 Å². The van der Waals surface area contributed by atoms with Gasteiger partial charge in [0.05, 0.1) is 5.69 Å². The first-order valence-electron chi connectivity index (χ1n) is 6.88. The summed E-state index contributed by atoms with van der Waals surface area (Å²) in [7, 11) is 0. The van der Waals surface area contributed by atoms with Crippen LogP contribution in [0.2, 0.25) is 0 Å². The Hall–Kier alpha value is -1.68. The highest BCUT2D eigenvalue weighted by molar-refractivity contribution is 5.13. The van der Waals surface area contributed by atoms with E-state index >= 15 is 0 Å². The van der Waals surface area contributed by atoms with Gasteiger partial charge >= 0.3 is 0 Å². The van der Waals surface area contributed by atoms with Crippen molar-refractivity contribution >= 4 is 0 Å². The van der Waals surface area contributed by atoms with Crippen LogP contribution >= 0.6 is 0 Å². The van der Waals surface area contributed by atoms with Crippen molar-refractivity contribution < 1.29 is 0 Å². The minimum Gasteiger partial charge on any atom is -0.304 e. The van der Waals surface area contributed by atoms with Gasteiger partial charge in [-0.15, -0.1) is 0 Å². The molecule has 0 saturated carbocycles. The van der Waals surface area contributed by atoms with Gasteiger partial charge in [-0.3, -0.25) is 9.67 Å². The van der Waals surface area contributed by atoms with Gasteiger partial charge in [0.25, 0.3) is 0 Å². The van der Waals surface area contributed by atoms with Crippen LogP contribution in [0.5, 0.6) is 0 Å². The van der Waals surface area contributed by atoms with E-state index in [0.717, 1.165) is 18.7 Å². The highest BCUT2D eigenvalue weighted by atomic mass is 15.3. The first-order valence-corrected chi connectivity index (χ1v) is 6.88. The first-order chi connectivity index (χ1) is 9.20. The number of aromatic nitrogens is 3. The van der Waals surface area contributed by atoms with E-state index < -0.39 is 0 Å². The molecule has 0 spiro atoms. The Morgan fingerprint density at radius 3 is 2.84 bits per heavy atom. The monoisotopic (exact) mass is 258 g/mol. The molecule has 4 heteroatoms. The number of rotatable bonds is 6. The standard InChI is InChI=1S/C15H22N4/c1-4-12(2)19-9-7-15(18-19)11-17-13(3)14-6-5-8-16-10-14/h5-10,12-13,17H,4,11H2,1-3H3/t12?,13-/m0/s1. The minimum atomic E-state index is 0.280. The van der Waals surface area contributed by atoms with Gasteiger partial charge < -0.3 is 5.32 Å². The number of nitrogens with one attached hydrogen (secondary N) is 1. The van der Waals surface area contributed by atoms with Crippen LogP contribution < -0.4 is 5.32 Å². The molecule has 0 aliphatic rings. The highest BCUT2D eigenvalue weighted by Crippen LogP contribution is 2.12. The van der Waals surface area contributed by atoms with Gasteiger partial charge in [-0.25, -0.2) is 0 Å². The van der Waals surface area contributed by atoms with Crippen LogP contribution in [0.25, 0.3) is 0 Å². The molecule has 0 fully saturated rings. The summed E-state index contributed by atoms with van der Waals surface area (Å²) in [5.41, 5.74) is 2.28. The lowest BCUT2D eigenvalue weighted by Gasteiger charge is -2.13. The largest absolute Gasteiger partial charge is 0.304 e. The Balaban J connectivity index is 1.90. The Morgan fingerprint density at radius 2 is 2.16 bits per heavy atom. The van der Waals surface area contributed by atoms with E-state index in [0.29, 0.717) is 6.04 Å². The van der Waals surface area contributed by atoms with E-state index in [1.165, 1.54) is 5.56 Å². The van der Waals surface area contributed by atoms with Gasteiger partial charge in [0, 0.05) is 37.2 Å². The van der Waals surface area contributed by atoms with E-state index in [1.54, 1.807) is 6.20 Å². The SMILES string of the molecule is CCC(C)n1ccc(CN[C@@H](C)c2cccnc2)n1. The van der Waals surface area contributed by atoms with Crippen LogP contribution in [0.4, 0.5) is 0 Å². The number of pyridine rings is 1. The van der Waals surface area contributed by atoms with E-state index in [1.807, 2.05) is 16.9 Å². The van der Waals surface area contributed by atoms with Crippen LogP contribution in [-0.2, 0) is 6.54 Å². The van der Waals surface area contributed by atoms with Crippen molar-refractivity contribution in [3.05, 3.63) is 48.0 Å². The molecular weight excluding hydrogens is 236 g/mol. The Morgan fingerprint density at radius 1 is 1.32 bits per heavy atom. The zero-order valence-corrected chi connectivity index (χ0v) is 11.9. The lowest BCUT2D eigenvalue weighted by atomic mass is 10.1. The summed E-state index contributed by atoms with van der Waals surface area (Å²) in [5.74, 6) is 0. The van der Waals surface area contributed by atoms with Gasteiger partial charge in [-0.05, 0) is 38.0 Å². The summed E-state index contributed by atoms with van der Waals surface area (Å²) in [6, 6.07) is 6.87. The molecule has 1 N–H and O–H groups in total. The molecule has 2 heterocycles. The van der Waals surface area contributed by atoms with Crippen molar-refractivity contribution in [2.24, 2.45) is 0 Å². The second kappa shape index (κ2) is 6.48. The zero-order chi connectivity index (χ0) is 13.7. The van der Waals surface area contributed by atoms with Crippen LogP contribution in [0.1, 0.15) is 50.5 Å². The van der Waals surface area contributed by atoms with Crippen LogP contribution in [-0.4, -0.2) is 14.8 Å². The van der Waals surface area contributed by atoms with Crippen molar-refractivity contribution in [1.82, 2.24) is 20.1 Å². The van der Waals surface area contributed by atoms with E-state index in [-0.39, 0.29) is 6.04 Å². The van der Waals surface area contributed by atoms with Gasteiger partial charge in [0.2, 0.25) is 0 Å². The molecule has 0 aromatic carbocycles. The topological polar surface area (TPSA) is 42.7 Å². The number of hydrogen-bond acceptors (Lipinski definition) is 3. The zero-order valence-electron chi connectivity index (χ0n) is 11.9. The van der Waals surface area contributed by atoms with E-state index in [9.17, 15) is 0 Å². The highest BCUT2D eigenvalue weighted by Gasteiger charge is 2.07. The smallest absolute Gasteiger partial charge is 0.0762 e. The molecule has 4 nitrogen and oxygen atoms in total. The molecule has 2 aromatic heterocycles. The normalized spacial score (nSPS) is 14.3. The quantitative estimate of drug-likeness (QED) is 0.865. The van der Waals surface area contributed by atoms with Gasteiger partial charge in [-0.2, -0.15) is 5.10 Å². The maximum Gasteiger partial charge on any atom is 0.0762 e. The summed E-state index contributed by atoms with van der Waals surface area (Å²) in [6.45, 7) is 7.28. The van der Waals surface area contributed by atoms with E-state index in [4.69, 9.17) is 0 Å². The summed E-state index contributed by atoms with van der Waals surface area (Å²) in [5, 5.41) is 8.05. The lowest BCUT2D eigenvalue weighted by Crippen LogP contribution is -2.18. The minimum absolute atomic E-state index is 0.280. The fraction of sp³-hybridized carbons (Fsp3) is 0.467. The summed E-state index contributed by atoms with van der Waals surface area (Å²) in [4.78, 5) is 4.14. The molecule has 0 amide bonds. The average molecular weight is 258 g/mol. The molecule has 2 rings (SSSR count). The summed E-state index contributed by atoms with van der Waals surface area (Å²) in [6.07, 6.45) is 6.85. The first kappa shape index (κ1) is 13.7. The Bertz CT molecular complexity index is 492. The van der Waals surface area contributed by atoms with Gasteiger partial charge in [0.1, 0.15) is 0 Å². The molecule has 0 aliphatic carbocycles. The molecule has 0 saturated heterocycles. The number of nitrogens with zero attached hydrogens (tertiary/aromatic N) is 3. The molecule has 1 unspecified atom stereocenters.